The lowest BCUT2D eigenvalue weighted by atomic mass is 9.72. The van der Waals surface area contributed by atoms with Crippen molar-refractivity contribution < 1.29 is 8.78 Å². The van der Waals surface area contributed by atoms with Gasteiger partial charge in [0.1, 0.15) is 11.6 Å². The molecule has 118 valence electrons. The molecule has 2 rings (SSSR count). The van der Waals surface area contributed by atoms with Crippen LogP contribution in [0.5, 0.6) is 0 Å². The second-order valence-corrected chi connectivity index (χ2v) is 6.58. The van der Waals surface area contributed by atoms with Crippen LogP contribution in [0.2, 0.25) is 0 Å². The molecule has 0 heterocycles. The van der Waals surface area contributed by atoms with Crippen molar-refractivity contribution in [1.82, 2.24) is 5.32 Å². The van der Waals surface area contributed by atoms with E-state index in [2.05, 4.69) is 19.2 Å². The van der Waals surface area contributed by atoms with Gasteiger partial charge in [-0.05, 0) is 80.3 Å². The summed E-state index contributed by atoms with van der Waals surface area (Å²) in [5.74, 6) is 1.12. The standard InChI is InChI=1S/C18H27F2N/c1-3-8-21-12-14-5-4-13(2)9-15(14)10-16-11-17(19)6-7-18(16)20/h6-7,11,13-15,21H,3-5,8-10,12H2,1-2H3. The van der Waals surface area contributed by atoms with Crippen molar-refractivity contribution in [3.8, 4) is 0 Å². The van der Waals surface area contributed by atoms with Gasteiger partial charge < -0.3 is 5.32 Å². The van der Waals surface area contributed by atoms with Crippen molar-refractivity contribution in [2.24, 2.45) is 17.8 Å². The second-order valence-electron chi connectivity index (χ2n) is 6.58. The normalized spacial score (nSPS) is 26.0. The van der Waals surface area contributed by atoms with Crippen LogP contribution in [0.15, 0.2) is 18.2 Å². The Balaban J connectivity index is 2.03. The third kappa shape index (κ3) is 4.77. The molecule has 1 nitrogen and oxygen atoms in total. The largest absolute Gasteiger partial charge is 0.316 e. The van der Waals surface area contributed by atoms with Crippen LogP contribution < -0.4 is 5.32 Å². The van der Waals surface area contributed by atoms with Gasteiger partial charge in [-0.3, -0.25) is 0 Å². The van der Waals surface area contributed by atoms with Gasteiger partial charge in [-0.15, -0.1) is 0 Å². The van der Waals surface area contributed by atoms with E-state index >= 15 is 0 Å². The Morgan fingerprint density at radius 3 is 2.76 bits per heavy atom. The van der Waals surface area contributed by atoms with Crippen molar-refractivity contribution in [1.29, 1.82) is 0 Å². The molecule has 0 bridgehead atoms. The summed E-state index contributed by atoms with van der Waals surface area (Å²) in [6.45, 7) is 6.47. The fraction of sp³-hybridized carbons (Fsp3) is 0.667. The molecule has 1 aliphatic carbocycles. The van der Waals surface area contributed by atoms with Gasteiger partial charge in [-0.25, -0.2) is 8.78 Å². The van der Waals surface area contributed by atoms with Crippen molar-refractivity contribution in [3.05, 3.63) is 35.4 Å². The molecule has 1 aromatic carbocycles. The van der Waals surface area contributed by atoms with Crippen LogP contribution in [0, 0.1) is 29.4 Å². The topological polar surface area (TPSA) is 12.0 Å². The first-order valence-corrected chi connectivity index (χ1v) is 8.24. The van der Waals surface area contributed by atoms with Gasteiger partial charge in [-0.1, -0.05) is 20.3 Å². The summed E-state index contributed by atoms with van der Waals surface area (Å²) < 4.78 is 27.2. The first-order valence-electron chi connectivity index (χ1n) is 8.24. The highest BCUT2D eigenvalue weighted by Crippen LogP contribution is 2.36. The summed E-state index contributed by atoms with van der Waals surface area (Å²) in [6, 6.07) is 3.81. The van der Waals surface area contributed by atoms with Crippen LogP contribution in [0.4, 0.5) is 8.78 Å². The van der Waals surface area contributed by atoms with E-state index in [1.807, 2.05) is 0 Å². The molecule has 1 N–H and O–H groups in total. The molecule has 0 saturated heterocycles. The molecule has 1 fully saturated rings. The summed E-state index contributed by atoms with van der Waals surface area (Å²) in [5.41, 5.74) is 0.537. The highest BCUT2D eigenvalue weighted by molar-refractivity contribution is 5.19. The number of halogens is 2. The first kappa shape index (κ1) is 16.4. The molecule has 0 aromatic heterocycles. The highest BCUT2D eigenvalue weighted by Gasteiger charge is 2.29. The fourth-order valence-electron chi connectivity index (χ4n) is 3.53. The second kappa shape index (κ2) is 7.88. The Labute approximate surface area is 127 Å². The summed E-state index contributed by atoms with van der Waals surface area (Å²) in [7, 11) is 0. The SMILES string of the molecule is CCCNCC1CCC(C)CC1Cc1cc(F)ccc1F. The van der Waals surface area contributed by atoms with E-state index in [4.69, 9.17) is 0 Å². The van der Waals surface area contributed by atoms with Crippen LogP contribution in [0.3, 0.4) is 0 Å². The van der Waals surface area contributed by atoms with Gasteiger partial charge in [0.2, 0.25) is 0 Å². The molecule has 0 amide bonds. The van der Waals surface area contributed by atoms with Crippen LogP contribution in [0.25, 0.3) is 0 Å². The predicted molar refractivity (Wildman–Crippen MR) is 83.2 cm³/mol. The Bertz CT molecular complexity index is 447. The minimum atomic E-state index is -0.337. The molecule has 3 atom stereocenters. The lowest BCUT2D eigenvalue weighted by Crippen LogP contribution is -2.34. The maximum atomic E-state index is 13.9. The molecular formula is C18H27F2N. The number of hydrogen-bond acceptors (Lipinski definition) is 1. The van der Waals surface area contributed by atoms with E-state index in [0.717, 1.165) is 25.9 Å². The summed E-state index contributed by atoms with van der Waals surface area (Å²) >= 11 is 0. The average molecular weight is 295 g/mol. The lowest BCUT2D eigenvalue weighted by molar-refractivity contribution is 0.182. The molecule has 0 spiro atoms. The third-order valence-corrected chi connectivity index (χ3v) is 4.73. The van der Waals surface area contributed by atoms with Crippen molar-refractivity contribution in [2.45, 2.75) is 46.0 Å². The van der Waals surface area contributed by atoms with Crippen molar-refractivity contribution in [2.75, 3.05) is 13.1 Å². The zero-order valence-corrected chi connectivity index (χ0v) is 13.2. The van der Waals surface area contributed by atoms with Gasteiger partial charge >= 0.3 is 0 Å². The Morgan fingerprint density at radius 1 is 1.19 bits per heavy atom. The molecular weight excluding hydrogens is 268 g/mol. The summed E-state index contributed by atoms with van der Waals surface area (Å²) in [4.78, 5) is 0. The smallest absolute Gasteiger partial charge is 0.126 e. The fourth-order valence-corrected chi connectivity index (χ4v) is 3.53. The molecule has 0 aliphatic heterocycles. The average Bonchev–Trinajstić information content (AvgIpc) is 2.45. The van der Waals surface area contributed by atoms with Gasteiger partial charge in [0.15, 0.2) is 0 Å². The maximum Gasteiger partial charge on any atom is 0.126 e. The zero-order chi connectivity index (χ0) is 15.2. The molecule has 3 unspecified atom stereocenters. The lowest BCUT2D eigenvalue weighted by Gasteiger charge is -2.35. The van der Waals surface area contributed by atoms with E-state index in [9.17, 15) is 8.78 Å². The number of nitrogens with one attached hydrogen (secondary N) is 1. The Morgan fingerprint density at radius 2 is 2.00 bits per heavy atom. The Kier molecular flexibility index (Phi) is 6.16. The molecule has 1 aliphatic rings. The van der Waals surface area contributed by atoms with Crippen LogP contribution >= 0.6 is 0 Å². The molecule has 1 aromatic rings. The monoisotopic (exact) mass is 295 g/mol. The van der Waals surface area contributed by atoms with E-state index in [0.29, 0.717) is 29.7 Å². The van der Waals surface area contributed by atoms with Crippen LogP contribution in [0.1, 0.15) is 45.1 Å². The van der Waals surface area contributed by atoms with Crippen molar-refractivity contribution >= 4 is 0 Å². The third-order valence-electron chi connectivity index (χ3n) is 4.73. The van der Waals surface area contributed by atoms with Gasteiger partial charge in [0, 0.05) is 0 Å². The zero-order valence-electron chi connectivity index (χ0n) is 13.2. The van der Waals surface area contributed by atoms with Gasteiger partial charge in [0.05, 0.1) is 0 Å². The number of hydrogen-bond donors (Lipinski definition) is 1. The minimum absolute atomic E-state index is 0.269. The minimum Gasteiger partial charge on any atom is -0.316 e. The molecule has 1 saturated carbocycles. The van der Waals surface area contributed by atoms with E-state index < -0.39 is 0 Å². The molecule has 3 heteroatoms. The molecule has 0 radical (unpaired) electrons. The molecule has 21 heavy (non-hydrogen) atoms. The predicted octanol–water partition coefficient (Wildman–Crippen LogP) is 4.56. The highest BCUT2D eigenvalue weighted by atomic mass is 19.1. The quantitative estimate of drug-likeness (QED) is 0.759. The Hall–Kier alpha value is -0.960. The van der Waals surface area contributed by atoms with E-state index in [1.54, 1.807) is 0 Å². The van der Waals surface area contributed by atoms with E-state index in [-0.39, 0.29) is 11.6 Å². The van der Waals surface area contributed by atoms with Gasteiger partial charge in [-0.2, -0.15) is 0 Å². The number of rotatable bonds is 6. The van der Waals surface area contributed by atoms with E-state index in [1.165, 1.54) is 31.0 Å². The van der Waals surface area contributed by atoms with Crippen LogP contribution in [-0.4, -0.2) is 13.1 Å². The van der Waals surface area contributed by atoms with Crippen LogP contribution in [-0.2, 0) is 6.42 Å². The summed E-state index contributed by atoms with van der Waals surface area (Å²) in [5, 5.41) is 3.49. The number of benzene rings is 1. The maximum absolute atomic E-state index is 13.9. The first-order chi connectivity index (χ1) is 10.1. The van der Waals surface area contributed by atoms with Crippen molar-refractivity contribution in [3.63, 3.8) is 0 Å². The van der Waals surface area contributed by atoms with Gasteiger partial charge in [0.25, 0.3) is 0 Å². The summed E-state index contributed by atoms with van der Waals surface area (Å²) in [6.07, 6.45) is 5.35.